The van der Waals surface area contributed by atoms with Crippen LogP contribution in [0.5, 0.6) is 0 Å². The molecule has 1 rings (SSSR count). The Hall–Kier alpha value is 0.170. The van der Waals surface area contributed by atoms with E-state index in [1.165, 1.54) is 0 Å². The fraction of sp³-hybridized carbons (Fsp3) is 1.00. The van der Waals surface area contributed by atoms with Crippen LogP contribution in [-0.2, 0) is 0 Å². The van der Waals surface area contributed by atoms with Crippen molar-refractivity contribution in [2.75, 3.05) is 19.0 Å². The number of hydrogen-bond acceptors (Lipinski definition) is 2. The average molecular weight is 153 g/mol. The van der Waals surface area contributed by atoms with Gasteiger partial charge in [0.15, 0.2) is 0 Å². The topological polar surface area (TPSA) is 3.24 Å². The fourth-order valence-electron chi connectivity index (χ4n) is 0.928. The Bertz CT molecular complexity index is 107. The Kier molecular flexibility index (Phi) is 1.96. The Morgan fingerprint density at radius 3 is 2.44 bits per heavy atom. The van der Waals surface area contributed by atoms with Gasteiger partial charge in [0.2, 0.25) is 0 Å². The Labute approximate surface area is 58.4 Å². The van der Waals surface area contributed by atoms with Crippen molar-refractivity contribution in [3.05, 3.63) is 0 Å². The zero-order chi connectivity index (χ0) is 6.91. The molecule has 1 saturated heterocycles. The summed E-state index contributed by atoms with van der Waals surface area (Å²) in [7, 11) is 0. The largest absolute Gasteiger partial charge is 0.288 e. The van der Waals surface area contributed by atoms with E-state index in [9.17, 15) is 8.78 Å². The smallest absolute Gasteiger partial charge is 0.261 e. The molecular formula is C5H9F2NS. The van der Waals surface area contributed by atoms with Crippen LogP contribution in [0.2, 0.25) is 0 Å². The highest BCUT2D eigenvalue weighted by molar-refractivity contribution is 7.80. The molecule has 1 aliphatic rings. The van der Waals surface area contributed by atoms with E-state index < -0.39 is 5.92 Å². The van der Waals surface area contributed by atoms with E-state index in [1.54, 1.807) is 4.90 Å². The summed E-state index contributed by atoms with van der Waals surface area (Å²) in [4.78, 5) is 1.63. The minimum atomic E-state index is -2.46. The van der Waals surface area contributed by atoms with Crippen LogP contribution in [0.3, 0.4) is 0 Å². The van der Waals surface area contributed by atoms with E-state index in [1.807, 2.05) is 0 Å². The molecule has 0 amide bonds. The summed E-state index contributed by atoms with van der Waals surface area (Å²) in [6, 6.07) is 0. The molecule has 1 fully saturated rings. The Morgan fingerprint density at radius 2 is 2.22 bits per heavy atom. The zero-order valence-corrected chi connectivity index (χ0v) is 5.87. The number of hydrogen-bond donors (Lipinski definition) is 1. The first-order valence-electron chi connectivity index (χ1n) is 2.85. The molecule has 1 aliphatic heterocycles. The lowest BCUT2D eigenvalue weighted by molar-refractivity contribution is 0.0141. The molecule has 0 aromatic rings. The maximum Gasteiger partial charge on any atom is 0.261 e. The van der Waals surface area contributed by atoms with Gasteiger partial charge in [-0.1, -0.05) is 0 Å². The van der Waals surface area contributed by atoms with Crippen LogP contribution in [0, 0.1) is 0 Å². The van der Waals surface area contributed by atoms with Crippen LogP contribution in [0.1, 0.15) is 6.42 Å². The second-order valence-corrected chi connectivity index (χ2v) is 2.58. The maximum atomic E-state index is 12.3. The summed E-state index contributed by atoms with van der Waals surface area (Å²) < 4.78 is 24.6. The van der Waals surface area contributed by atoms with Crippen molar-refractivity contribution in [1.82, 2.24) is 4.90 Å². The van der Waals surface area contributed by atoms with Gasteiger partial charge in [0.25, 0.3) is 5.92 Å². The molecular weight excluding hydrogens is 144 g/mol. The second-order valence-electron chi connectivity index (χ2n) is 2.30. The molecule has 4 heteroatoms. The van der Waals surface area contributed by atoms with Gasteiger partial charge >= 0.3 is 0 Å². The second kappa shape index (κ2) is 2.42. The minimum absolute atomic E-state index is 0.00639. The van der Waals surface area contributed by atoms with Gasteiger partial charge in [0.1, 0.15) is 0 Å². The maximum absolute atomic E-state index is 12.3. The van der Waals surface area contributed by atoms with Crippen LogP contribution < -0.4 is 0 Å². The number of rotatable bonds is 1. The first-order chi connectivity index (χ1) is 4.14. The van der Waals surface area contributed by atoms with Crippen LogP contribution >= 0.6 is 12.6 Å². The number of likely N-dealkylation sites (tertiary alicyclic amines) is 1. The lowest BCUT2D eigenvalue weighted by Crippen LogP contribution is -2.23. The van der Waals surface area contributed by atoms with Crippen molar-refractivity contribution in [3.8, 4) is 0 Å². The van der Waals surface area contributed by atoms with Crippen molar-refractivity contribution in [2.45, 2.75) is 12.3 Å². The predicted octanol–water partition coefficient (Wildman–Crippen LogP) is 1.21. The Morgan fingerprint density at radius 1 is 1.56 bits per heavy atom. The first-order valence-corrected chi connectivity index (χ1v) is 3.48. The van der Waals surface area contributed by atoms with Crippen molar-refractivity contribution in [3.63, 3.8) is 0 Å². The van der Waals surface area contributed by atoms with E-state index in [0.29, 0.717) is 12.4 Å². The van der Waals surface area contributed by atoms with Gasteiger partial charge < -0.3 is 0 Å². The summed E-state index contributed by atoms with van der Waals surface area (Å²) in [5, 5.41) is 0. The van der Waals surface area contributed by atoms with E-state index in [2.05, 4.69) is 12.6 Å². The summed E-state index contributed by atoms with van der Waals surface area (Å²) in [5.41, 5.74) is 0. The molecule has 0 atom stereocenters. The lowest BCUT2D eigenvalue weighted by Gasteiger charge is -2.10. The molecule has 54 valence electrons. The molecule has 0 aliphatic carbocycles. The first kappa shape index (κ1) is 7.28. The summed E-state index contributed by atoms with van der Waals surface area (Å²) in [6.07, 6.45) is -0.00639. The normalized spacial score (nSPS) is 27.0. The van der Waals surface area contributed by atoms with Crippen molar-refractivity contribution in [2.24, 2.45) is 0 Å². The zero-order valence-electron chi connectivity index (χ0n) is 4.98. The molecule has 0 aromatic carbocycles. The number of alkyl halides is 2. The molecule has 0 N–H and O–H groups in total. The highest BCUT2D eigenvalue weighted by atomic mass is 32.1. The van der Waals surface area contributed by atoms with Gasteiger partial charge in [0, 0.05) is 18.8 Å². The van der Waals surface area contributed by atoms with Gasteiger partial charge in [-0.2, -0.15) is 12.6 Å². The van der Waals surface area contributed by atoms with Gasteiger partial charge in [-0.15, -0.1) is 0 Å². The highest BCUT2D eigenvalue weighted by Gasteiger charge is 2.37. The average Bonchev–Trinajstić information content (AvgIpc) is 2.10. The molecule has 1 heterocycles. The highest BCUT2D eigenvalue weighted by Crippen LogP contribution is 2.26. The van der Waals surface area contributed by atoms with Gasteiger partial charge in [0.05, 0.1) is 6.54 Å². The van der Waals surface area contributed by atoms with Gasteiger partial charge in [-0.05, 0) is 0 Å². The third-order valence-corrected chi connectivity index (χ3v) is 1.85. The third-order valence-electron chi connectivity index (χ3n) is 1.45. The van der Waals surface area contributed by atoms with E-state index in [4.69, 9.17) is 0 Å². The van der Waals surface area contributed by atoms with Crippen molar-refractivity contribution in [1.29, 1.82) is 0 Å². The van der Waals surface area contributed by atoms with Crippen molar-refractivity contribution >= 4 is 12.6 Å². The third kappa shape index (κ3) is 1.79. The molecule has 0 radical (unpaired) electrons. The van der Waals surface area contributed by atoms with Crippen LogP contribution in [0.4, 0.5) is 8.78 Å². The molecule has 0 aromatic heterocycles. The molecule has 0 bridgehead atoms. The molecule has 0 saturated carbocycles. The fourth-order valence-corrected chi connectivity index (χ4v) is 1.17. The molecule has 0 unspecified atom stereocenters. The Balaban J connectivity index is 2.38. The van der Waals surface area contributed by atoms with Crippen molar-refractivity contribution < 1.29 is 8.78 Å². The van der Waals surface area contributed by atoms with Gasteiger partial charge in [-0.25, -0.2) is 8.78 Å². The van der Waals surface area contributed by atoms with E-state index >= 15 is 0 Å². The van der Waals surface area contributed by atoms with Gasteiger partial charge in [-0.3, -0.25) is 4.90 Å². The number of nitrogens with zero attached hydrogens (tertiary/aromatic N) is 1. The monoisotopic (exact) mass is 153 g/mol. The van der Waals surface area contributed by atoms with Crippen LogP contribution in [0.25, 0.3) is 0 Å². The summed E-state index contributed by atoms with van der Waals surface area (Å²) in [6.45, 7) is 0.368. The number of halogens is 2. The summed E-state index contributed by atoms with van der Waals surface area (Å²) in [5.74, 6) is -2.02. The minimum Gasteiger partial charge on any atom is -0.288 e. The molecule has 0 spiro atoms. The predicted molar refractivity (Wildman–Crippen MR) is 35.0 cm³/mol. The standard InChI is InChI=1S/C5H9F2NS/c6-5(7)1-2-8(3-5)4-9/h9H,1-4H2. The molecule has 9 heavy (non-hydrogen) atoms. The van der Waals surface area contributed by atoms with E-state index in [0.717, 1.165) is 0 Å². The summed E-state index contributed by atoms with van der Waals surface area (Å²) >= 11 is 3.89. The van der Waals surface area contributed by atoms with E-state index in [-0.39, 0.29) is 13.0 Å². The van der Waals surface area contributed by atoms with Crippen LogP contribution in [-0.4, -0.2) is 29.8 Å². The van der Waals surface area contributed by atoms with Crippen LogP contribution in [0.15, 0.2) is 0 Å². The molecule has 1 nitrogen and oxygen atoms in total. The lowest BCUT2D eigenvalue weighted by atomic mass is 10.3. The quantitative estimate of drug-likeness (QED) is 0.554. The number of thiol groups is 1. The SMILES string of the molecule is FC1(F)CCN(CS)C1.